The van der Waals surface area contributed by atoms with Crippen LogP contribution in [0.4, 0.5) is 0 Å². The van der Waals surface area contributed by atoms with Gasteiger partial charge in [0.05, 0.1) is 23.9 Å². The second-order valence-corrected chi connectivity index (χ2v) is 8.85. The number of nitrogens with zero attached hydrogens (tertiary/aromatic N) is 4. The van der Waals surface area contributed by atoms with Crippen LogP contribution in [-0.2, 0) is 22.5 Å². The number of pyridine rings is 1. The molecule has 0 radical (unpaired) electrons. The number of aryl methyl sites for hydroxylation is 2. The first-order valence-electron chi connectivity index (χ1n) is 11.0. The smallest absolute Gasteiger partial charge is 0.227 e. The molecule has 2 aromatic heterocycles. The van der Waals surface area contributed by atoms with Crippen LogP contribution in [0.2, 0.25) is 5.02 Å². The average molecular weight is 453 g/mol. The van der Waals surface area contributed by atoms with Gasteiger partial charge >= 0.3 is 0 Å². The largest absolute Gasteiger partial charge is 0.376 e. The highest BCUT2D eigenvalue weighted by Crippen LogP contribution is 2.24. The van der Waals surface area contributed by atoms with Gasteiger partial charge in [0.25, 0.3) is 0 Å². The molecular formula is C25H29ClN4O2. The molecule has 168 valence electrons. The molecule has 1 fully saturated rings. The molecule has 0 saturated carbocycles. The molecule has 32 heavy (non-hydrogen) atoms. The minimum Gasteiger partial charge on any atom is -0.376 e. The molecule has 4 rings (SSSR count). The molecule has 0 N–H and O–H groups in total. The number of hydrogen-bond donors (Lipinski definition) is 0. The highest BCUT2D eigenvalue weighted by molar-refractivity contribution is 6.31. The van der Waals surface area contributed by atoms with Gasteiger partial charge < -0.3 is 9.64 Å². The van der Waals surface area contributed by atoms with Gasteiger partial charge in [0, 0.05) is 48.4 Å². The second kappa shape index (κ2) is 9.84. The Morgan fingerprint density at radius 3 is 2.81 bits per heavy atom. The lowest BCUT2D eigenvalue weighted by Crippen LogP contribution is -2.38. The highest BCUT2D eigenvalue weighted by Gasteiger charge is 2.25. The van der Waals surface area contributed by atoms with E-state index in [2.05, 4.69) is 4.98 Å². The van der Waals surface area contributed by atoms with Gasteiger partial charge in [-0.1, -0.05) is 23.7 Å². The van der Waals surface area contributed by atoms with Crippen LogP contribution in [0.25, 0.3) is 5.69 Å². The van der Waals surface area contributed by atoms with Crippen LogP contribution in [0.15, 0.2) is 42.7 Å². The third-order valence-corrected chi connectivity index (χ3v) is 6.47. The number of aromatic nitrogens is 3. The minimum absolute atomic E-state index is 0.0667. The SMILES string of the molecule is Cc1ccc(-n2nc(C)c(CC(=O)N(Cc3cccnc3)CC3CCCO3)c2C)cc1Cl. The van der Waals surface area contributed by atoms with Crippen molar-refractivity contribution in [3.05, 3.63) is 75.8 Å². The van der Waals surface area contributed by atoms with Crippen molar-refractivity contribution in [1.82, 2.24) is 19.7 Å². The molecule has 1 unspecified atom stereocenters. The summed E-state index contributed by atoms with van der Waals surface area (Å²) >= 11 is 6.33. The van der Waals surface area contributed by atoms with E-state index in [1.165, 1.54) is 0 Å². The molecule has 0 spiro atoms. The molecule has 1 aromatic carbocycles. The van der Waals surface area contributed by atoms with Crippen LogP contribution in [0.1, 0.15) is 40.9 Å². The Kier molecular flexibility index (Phi) is 6.92. The summed E-state index contributed by atoms with van der Waals surface area (Å²) in [6, 6.07) is 9.79. The van der Waals surface area contributed by atoms with Crippen LogP contribution >= 0.6 is 11.6 Å². The first-order valence-corrected chi connectivity index (χ1v) is 11.4. The summed E-state index contributed by atoms with van der Waals surface area (Å²) in [5.74, 6) is 0.0667. The van der Waals surface area contributed by atoms with E-state index in [4.69, 9.17) is 21.4 Å². The van der Waals surface area contributed by atoms with Crippen molar-refractivity contribution in [1.29, 1.82) is 0 Å². The molecule has 1 aliphatic rings. The van der Waals surface area contributed by atoms with Gasteiger partial charge in [-0.15, -0.1) is 0 Å². The molecule has 3 heterocycles. The van der Waals surface area contributed by atoms with Crippen molar-refractivity contribution >= 4 is 17.5 Å². The second-order valence-electron chi connectivity index (χ2n) is 8.44. The van der Waals surface area contributed by atoms with Crippen molar-refractivity contribution in [2.24, 2.45) is 0 Å². The van der Waals surface area contributed by atoms with Gasteiger partial charge in [0.2, 0.25) is 5.91 Å². The van der Waals surface area contributed by atoms with Crippen LogP contribution in [-0.4, -0.2) is 44.8 Å². The van der Waals surface area contributed by atoms with E-state index in [-0.39, 0.29) is 12.0 Å². The Morgan fingerprint density at radius 2 is 2.12 bits per heavy atom. The molecule has 7 heteroatoms. The number of rotatable bonds is 7. The number of ether oxygens (including phenoxy) is 1. The molecule has 0 aliphatic carbocycles. The van der Waals surface area contributed by atoms with Gasteiger partial charge in [0.15, 0.2) is 0 Å². The first-order chi connectivity index (χ1) is 15.4. The van der Waals surface area contributed by atoms with Gasteiger partial charge in [-0.3, -0.25) is 9.78 Å². The van der Waals surface area contributed by atoms with Crippen LogP contribution in [0.3, 0.4) is 0 Å². The van der Waals surface area contributed by atoms with Gasteiger partial charge in [0.1, 0.15) is 0 Å². The lowest BCUT2D eigenvalue weighted by Gasteiger charge is -2.25. The molecule has 6 nitrogen and oxygen atoms in total. The van der Waals surface area contributed by atoms with E-state index in [1.54, 1.807) is 6.20 Å². The maximum absolute atomic E-state index is 13.4. The van der Waals surface area contributed by atoms with E-state index in [1.807, 2.05) is 66.9 Å². The van der Waals surface area contributed by atoms with E-state index < -0.39 is 0 Å². The van der Waals surface area contributed by atoms with Crippen molar-refractivity contribution in [3.63, 3.8) is 0 Å². The Bertz CT molecular complexity index is 1090. The van der Waals surface area contributed by atoms with Crippen LogP contribution < -0.4 is 0 Å². The number of amides is 1. The Hall–Kier alpha value is -2.70. The summed E-state index contributed by atoms with van der Waals surface area (Å²) < 4.78 is 7.68. The Morgan fingerprint density at radius 1 is 1.28 bits per heavy atom. The van der Waals surface area contributed by atoms with Gasteiger partial charge in [-0.2, -0.15) is 5.10 Å². The number of hydrogen-bond acceptors (Lipinski definition) is 4. The fourth-order valence-electron chi connectivity index (χ4n) is 4.16. The zero-order valence-electron chi connectivity index (χ0n) is 18.8. The molecule has 0 bridgehead atoms. The normalized spacial score (nSPS) is 15.8. The van der Waals surface area contributed by atoms with E-state index in [0.29, 0.717) is 24.5 Å². The molecule has 1 amide bonds. The van der Waals surface area contributed by atoms with E-state index in [0.717, 1.165) is 53.2 Å². The Labute approximate surface area is 194 Å². The lowest BCUT2D eigenvalue weighted by molar-refractivity contribution is -0.132. The zero-order chi connectivity index (χ0) is 22.7. The minimum atomic E-state index is 0.0667. The zero-order valence-corrected chi connectivity index (χ0v) is 19.6. The van der Waals surface area contributed by atoms with E-state index >= 15 is 0 Å². The predicted molar refractivity (Wildman–Crippen MR) is 125 cm³/mol. The first kappa shape index (κ1) is 22.5. The molecule has 3 aromatic rings. The third-order valence-electron chi connectivity index (χ3n) is 6.07. The number of carbonyl (C=O) groups is 1. The van der Waals surface area contributed by atoms with Crippen molar-refractivity contribution in [3.8, 4) is 5.69 Å². The fourth-order valence-corrected chi connectivity index (χ4v) is 4.33. The number of halogens is 1. The monoisotopic (exact) mass is 452 g/mol. The lowest BCUT2D eigenvalue weighted by atomic mass is 10.1. The van der Waals surface area contributed by atoms with Crippen molar-refractivity contribution in [2.45, 2.75) is 52.7 Å². The standard InChI is InChI=1S/C25H29ClN4O2/c1-17-8-9-21(12-24(17)26)30-19(3)23(18(2)28-30)13-25(31)29(16-22-7-5-11-32-22)15-20-6-4-10-27-14-20/h4,6,8-10,12,14,22H,5,7,11,13,15-16H2,1-3H3. The number of carbonyl (C=O) groups excluding carboxylic acids is 1. The predicted octanol–water partition coefficient (Wildman–Crippen LogP) is 4.60. The van der Waals surface area contributed by atoms with Gasteiger partial charge in [-0.25, -0.2) is 4.68 Å². The maximum Gasteiger partial charge on any atom is 0.227 e. The summed E-state index contributed by atoms with van der Waals surface area (Å²) in [6.07, 6.45) is 5.98. The molecule has 1 saturated heterocycles. The topological polar surface area (TPSA) is 60.2 Å². The van der Waals surface area contributed by atoms with Gasteiger partial charge in [-0.05, 0) is 62.9 Å². The highest BCUT2D eigenvalue weighted by atomic mass is 35.5. The summed E-state index contributed by atoms with van der Waals surface area (Å²) in [6.45, 7) is 7.81. The summed E-state index contributed by atoms with van der Waals surface area (Å²) in [4.78, 5) is 19.5. The molecule has 1 atom stereocenters. The maximum atomic E-state index is 13.4. The van der Waals surface area contributed by atoms with E-state index in [9.17, 15) is 4.79 Å². The average Bonchev–Trinajstić information content (AvgIpc) is 3.39. The van der Waals surface area contributed by atoms with Crippen molar-refractivity contribution in [2.75, 3.05) is 13.2 Å². The van der Waals surface area contributed by atoms with Crippen molar-refractivity contribution < 1.29 is 9.53 Å². The summed E-state index contributed by atoms with van der Waals surface area (Å²) in [5, 5.41) is 5.40. The fraction of sp³-hybridized carbons (Fsp3) is 0.400. The Balaban J connectivity index is 1.57. The molecular weight excluding hydrogens is 424 g/mol. The quantitative estimate of drug-likeness (QED) is 0.525. The summed E-state index contributed by atoms with van der Waals surface area (Å²) in [5.41, 5.74) is 5.69. The van der Waals surface area contributed by atoms with Crippen LogP contribution in [0.5, 0.6) is 0 Å². The molecule has 1 aliphatic heterocycles. The number of benzene rings is 1. The van der Waals surface area contributed by atoms with Crippen LogP contribution in [0, 0.1) is 20.8 Å². The summed E-state index contributed by atoms with van der Waals surface area (Å²) in [7, 11) is 0. The third kappa shape index (κ3) is 5.03.